The van der Waals surface area contributed by atoms with Gasteiger partial charge in [-0.2, -0.15) is 0 Å². The first-order chi connectivity index (χ1) is 8.40. The number of nitrogens with two attached hydrogens (primary N) is 1. The van der Waals surface area contributed by atoms with Crippen LogP contribution in [0.5, 0.6) is 0 Å². The van der Waals surface area contributed by atoms with Crippen molar-refractivity contribution in [3.05, 3.63) is 54.2 Å². The molecule has 0 aliphatic rings. The van der Waals surface area contributed by atoms with Crippen LogP contribution in [0.4, 0.5) is 0 Å². The number of aryl methyl sites for hydroxylation is 1. The minimum atomic E-state index is 0.422. The largest absolute Gasteiger partial charge is 0.469 e. The van der Waals surface area contributed by atoms with Gasteiger partial charge in [-0.25, -0.2) is 0 Å². The van der Waals surface area contributed by atoms with Crippen LogP contribution in [-0.4, -0.2) is 11.5 Å². The first kappa shape index (κ1) is 11.9. The molecule has 2 aromatic heterocycles. The molecule has 0 spiro atoms. The highest BCUT2D eigenvalue weighted by molar-refractivity contribution is 5.10. The smallest absolute Gasteiger partial charge is 0.103 e. The van der Waals surface area contributed by atoms with Gasteiger partial charge in [-0.3, -0.25) is 4.98 Å². The quantitative estimate of drug-likeness (QED) is 0.830. The summed E-state index contributed by atoms with van der Waals surface area (Å²) < 4.78 is 5.35. The SMILES string of the molecule is NCCC(CCc1ccco1)c1ccccn1. The monoisotopic (exact) mass is 230 g/mol. The average molecular weight is 230 g/mol. The van der Waals surface area contributed by atoms with E-state index in [9.17, 15) is 0 Å². The van der Waals surface area contributed by atoms with Crippen LogP contribution in [0.15, 0.2) is 47.2 Å². The number of nitrogens with zero attached hydrogens (tertiary/aromatic N) is 1. The second-order valence-corrected chi connectivity index (χ2v) is 4.15. The molecule has 0 saturated heterocycles. The fourth-order valence-corrected chi connectivity index (χ4v) is 2.03. The van der Waals surface area contributed by atoms with E-state index in [0.717, 1.165) is 30.7 Å². The lowest BCUT2D eigenvalue weighted by Crippen LogP contribution is -2.09. The third kappa shape index (κ3) is 3.43. The van der Waals surface area contributed by atoms with E-state index in [2.05, 4.69) is 11.1 Å². The summed E-state index contributed by atoms with van der Waals surface area (Å²) in [5, 5.41) is 0. The molecule has 17 heavy (non-hydrogen) atoms. The van der Waals surface area contributed by atoms with E-state index in [4.69, 9.17) is 10.2 Å². The summed E-state index contributed by atoms with van der Waals surface area (Å²) in [7, 11) is 0. The zero-order valence-electron chi connectivity index (χ0n) is 9.88. The Kier molecular flexibility index (Phi) is 4.33. The second-order valence-electron chi connectivity index (χ2n) is 4.15. The van der Waals surface area contributed by atoms with Crippen molar-refractivity contribution in [3.8, 4) is 0 Å². The number of furan rings is 1. The first-order valence-electron chi connectivity index (χ1n) is 6.03. The van der Waals surface area contributed by atoms with Gasteiger partial charge in [0.2, 0.25) is 0 Å². The van der Waals surface area contributed by atoms with E-state index in [1.807, 2.05) is 30.5 Å². The van der Waals surface area contributed by atoms with Crippen LogP contribution in [0, 0.1) is 0 Å². The Bertz CT molecular complexity index is 411. The van der Waals surface area contributed by atoms with Gasteiger partial charge in [-0.05, 0) is 43.7 Å². The standard InChI is InChI=1S/C14H18N2O/c15-9-8-12(14-5-1-2-10-16-14)6-7-13-4-3-11-17-13/h1-5,10-12H,6-9,15H2. The third-order valence-electron chi connectivity index (χ3n) is 2.94. The molecule has 0 fully saturated rings. The zero-order chi connectivity index (χ0) is 11.9. The lowest BCUT2D eigenvalue weighted by atomic mass is 9.94. The second kappa shape index (κ2) is 6.21. The summed E-state index contributed by atoms with van der Waals surface area (Å²) in [5.74, 6) is 1.45. The molecule has 2 rings (SSSR count). The molecular weight excluding hydrogens is 212 g/mol. The Morgan fingerprint density at radius 1 is 1.18 bits per heavy atom. The van der Waals surface area contributed by atoms with Gasteiger partial charge >= 0.3 is 0 Å². The molecule has 0 bridgehead atoms. The van der Waals surface area contributed by atoms with Gasteiger partial charge < -0.3 is 10.2 Å². The summed E-state index contributed by atoms with van der Waals surface area (Å²) in [5.41, 5.74) is 6.79. The van der Waals surface area contributed by atoms with Crippen molar-refractivity contribution in [2.45, 2.75) is 25.2 Å². The number of hydrogen-bond acceptors (Lipinski definition) is 3. The van der Waals surface area contributed by atoms with Crippen molar-refractivity contribution in [1.82, 2.24) is 4.98 Å². The fraction of sp³-hybridized carbons (Fsp3) is 0.357. The topological polar surface area (TPSA) is 52.0 Å². The molecule has 0 aliphatic carbocycles. The van der Waals surface area contributed by atoms with Gasteiger partial charge in [0.1, 0.15) is 5.76 Å². The van der Waals surface area contributed by atoms with Crippen LogP contribution in [-0.2, 0) is 6.42 Å². The van der Waals surface area contributed by atoms with Gasteiger partial charge in [0, 0.05) is 24.2 Å². The van der Waals surface area contributed by atoms with Crippen LogP contribution >= 0.6 is 0 Å². The lowest BCUT2D eigenvalue weighted by Gasteiger charge is -2.14. The normalized spacial score (nSPS) is 12.5. The van der Waals surface area contributed by atoms with E-state index >= 15 is 0 Å². The maximum atomic E-state index is 5.66. The molecule has 0 aromatic carbocycles. The minimum absolute atomic E-state index is 0.422. The van der Waals surface area contributed by atoms with Crippen LogP contribution in [0.2, 0.25) is 0 Å². The summed E-state index contributed by atoms with van der Waals surface area (Å²) in [6.07, 6.45) is 6.49. The number of hydrogen-bond donors (Lipinski definition) is 1. The number of rotatable bonds is 6. The van der Waals surface area contributed by atoms with Gasteiger partial charge in [0.25, 0.3) is 0 Å². The van der Waals surface area contributed by atoms with E-state index in [1.165, 1.54) is 0 Å². The number of pyridine rings is 1. The Labute approximate surface area is 102 Å². The highest BCUT2D eigenvalue weighted by atomic mass is 16.3. The van der Waals surface area contributed by atoms with Gasteiger partial charge in [-0.15, -0.1) is 0 Å². The first-order valence-corrected chi connectivity index (χ1v) is 6.03. The summed E-state index contributed by atoms with van der Waals surface area (Å²) in [6, 6.07) is 9.97. The molecule has 2 N–H and O–H groups in total. The van der Waals surface area contributed by atoms with Crippen LogP contribution in [0.25, 0.3) is 0 Å². The molecule has 0 aliphatic heterocycles. The van der Waals surface area contributed by atoms with E-state index in [1.54, 1.807) is 6.26 Å². The van der Waals surface area contributed by atoms with Crippen LogP contribution < -0.4 is 5.73 Å². The Hall–Kier alpha value is -1.61. The Morgan fingerprint density at radius 3 is 2.76 bits per heavy atom. The predicted molar refractivity (Wildman–Crippen MR) is 67.7 cm³/mol. The van der Waals surface area contributed by atoms with E-state index < -0.39 is 0 Å². The van der Waals surface area contributed by atoms with Crippen molar-refractivity contribution in [2.75, 3.05) is 6.54 Å². The molecule has 0 radical (unpaired) electrons. The summed E-state index contributed by atoms with van der Waals surface area (Å²) >= 11 is 0. The van der Waals surface area contributed by atoms with Crippen molar-refractivity contribution in [3.63, 3.8) is 0 Å². The van der Waals surface area contributed by atoms with Crippen molar-refractivity contribution >= 4 is 0 Å². The van der Waals surface area contributed by atoms with Crippen molar-refractivity contribution in [2.24, 2.45) is 5.73 Å². The molecule has 2 heterocycles. The Balaban J connectivity index is 1.98. The summed E-state index contributed by atoms with van der Waals surface area (Å²) in [4.78, 5) is 4.41. The van der Waals surface area contributed by atoms with Crippen LogP contribution in [0.1, 0.15) is 30.2 Å². The maximum Gasteiger partial charge on any atom is 0.103 e. The molecule has 2 aromatic rings. The van der Waals surface area contributed by atoms with Crippen molar-refractivity contribution < 1.29 is 4.42 Å². The molecule has 90 valence electrons. The number of aromatic nitrogens is 1. The minimum Gasteiger partial charge on any atom is -0.469 e. The van der Waals surface area contributed by atoms with E-state index in [-0.39, 0.29) is 0 Å². The predicted octanol–water partition coefficient (Wildman–Crippen LogP) is 2.74. The maximum absolute atomic E-state index is 5.66. The molecule has 1 unspecified atom stereocenters. The van der Waals surface area contributed by atoms with E-state index in [0.29, 0.717) is 12.5 Å². The van der Waals surface area contributed by atoms with Crippen LogP contribution in [0.3, 0.4) is 0 Å². The Morgan fingerprint density at radius 2 is 2.12 bits per heavy atom. The lowest BCUT2D eigenvalue weighted by molar-refractivity contribution is 0.476. The molecule has 1 atom stereocenters. The molecule has 3 heteroatoms. The van der Waals surface area contributed by atoms with Gasteiger partial charge in [-0.1, -0.05) is 6.07 Å². The van der Waals surface area contributed by atoms with Gasteiger partial charge in [0.05, 0.1) is 6.26 Å². The summed E-state index contributed by atoms with van der Waals surface area (Å²) in [6.45, 7) is 0.694. The molecule has 3 nitrogen and oxygen atoms in total. The molecular formula is C14H18N2O. The average Bonchev–Trinajstić information content (AvgIpc) is 2.88. The van der Waals surface area contributed by atoms with Crippen molar-refractivity contribution in [1.29, 1.82) is 0 Å². The highest BCUT2D eigenvalue weighted by Crippen LogP contribution is 2.23. The third-order valence-corrected chi connectivity index (χ3v) is 2.94. The molecule has 0 saturated carbocycles. The highest BCUT2D eigenvalue weighted by Gasteiger charge is 2.12. The fourth-order valence-electron chi connectivity index (χ4n) is 2.03. The molecule has 0 amide bonds. The zero-order valence-corrected chi connectivity index (χ0v) is 9.88. The van der Waals surface area contributed by atoms with Gasteiger partial charge in [0.15, 0.2) is 0 Å².